The molecule has 1 aliphatic rings. The lowest BCUT2D eigenvalue weighted by Gasteiger charge is -2.34. The standard InChI is InChI=1S/C18H29NO/c1-13(2)20-17-9-6-8-16(11-17)12-19-18-10-5-7-14(3)15(18)4/h6,8-9,11,13-15,18-19H,5,7,10,12H2,1-4H3. The van der Waals surface area contributed by atoms with Crippen LogP contribution in [0.25, 0.3) is 0 Å². The van der Waals surface area contributed by atoms with Crippen molar-refractivity contribution in [1.29, 1.82) is 0 Å². The van der Waals surface area contributed by atoms with Crippen LogP contribution in [-0.2, 0) is 6.54 Å². The molecule has 0 bridgehead atoms. The minimum absolute atomic E-state index is 0.234. The average Bonchev–Trinajstić information content (AvgIpc) is 2.40. The van der Waals surface area contributed by atoms with Crippen LogP contribution in [0.1, 0.15) is 52.5 Å². The lowest BCUT2D eigenvalue weighted by molar-refractivity contribution is 0.205. The van der Waals surface area contributed by atoms with E-state index in [4.69, 9.17) is 4.74 Å². The van der Waals surface area contributed by atoms with Crippen LogP contribution in [-0.4, -0.2) is 12.1 Å². The molecule has 3 atom stereocenters. The summed E-state index contributed by atoms with van der Waals surface area (Å²) in [5.41, 5.74) is 1.31. The van der Waals surface area contributed by atoms with Gasteiger partial charge in [0.1, 0.15) is 5.75 Å². The van der Waals surface area contributed by atoms with Crippen molar-refractivity contribution in [2.45, 2.75) is 65.6 Å². The zero-order valence-corrected chi connectivity index (χ0v) is 13.4. The van der Waals surface area contributed by atoms with E-state index >= 15 is 0 Å². The fourth-order valence-electron chi connectivity index (χ4n) is 3.12. The van der Waals surface area contributed by atoms with Crippen molar-refractivity contribution in [3.8, 4) is 5.75 Å². The van der Waals surface area contributed by atoms with E-state index in [0.29, 0.717) is 6.04 Å². The number of ether oxygens (including phenoxy) is 1. The molecule has 0 saturated heterocycles. The Morgan fingerprint density at radius 2 is 2.05 bits per heavy atom. The van der Waals surface area contributed by atoms with Crippen molar-refractivity contribution in [2.75, 3.05) is 0 Å². The maximum Gasteiger partial charge on any atom is 0.120 e. The Bertz CT molecular complexity index is 416. The van der Waals surface area contributed by atoms with Gasteiger partial charge < -0.3 is 10.1 Å². The molecule has 2 rings (SSSR count). The molecule has 0 aliphatic heterocycles. The first-order valence-electron chi connectivity index (χ1n) is 8.05. The van der Waals surface area contributed by atoms with Gasteiger partial charge >= 0.3 is 0 Å². The molecule has 0 heterocycles. The molecule has 0 radical (unpaired) electrons. The SMILES string of the molecule is CC(C)Oc1cccc(CNC2CCCC(C)C2C)c1. The van der Waals surface area contributed by atoms with Crippen molar-refractivity contribution in [3.63, 3.8) is 0 Å². The second kappa shape index (κ2) is 7.12. The highest BCUT2D eigenvalue weighted by atomic mass is 16.5. The number of nitrogens with one attached hydrogen (secondary N) is 1. The highest BCUT2D eigenvalue weighted by Gasteiger charge is 2.26. The van der Waals surface area contributed by atoms with E-state index in [1.807, 2.05) is 6.07 Å². The van der Waals surface area contributed by atoms with Crippen LogP contribution in [0.4, 0.5) is 0 Å². The molecule has 1 fully saturated rings. The molecule has 0 amide bonds. The highest BCUT2D eigenvalue weighted by Crippen LogP contribution is 2.29. The second-order valence-corrected chi connectivity index (χ2v) is 6.57. The van der Waals surface area contributed by atoms with Gasteiger partial charge in [-0.15, -0.1) is 0 Å². The van der Waals surface area contributed by atoms with Crippen LogP contribution in [0.5, 0.6) is 5.75 Å². The summed E-state index contributed by atoms with van der Waals surface area (Å²) in [7, 11) is 0. The summed E-state index contributed by atoms with van der Waals surface area (Å²) < 4.78 is 5.76. The highest BCUT2D eigenvalue weighted by molar-refractivity contribution is 5.28. The van der Waals surface area contributed by atoms with Gasteiger partial charge in [0.15, 0.2) is 0 Å². The molecular weight excluding hydrogens is 246 g/mol. The van der Waals surface area contributed by atoms with Crippen LogP contribution >= 0.6 is 0 Å². The number of benzene rings is 1. The van der Waals surface area contributed by atoms with E-state index in [-0.39, 0.29) is 6.10 Å². The Morgan fingerprint density at radius 1 is 1.25 bits per heavy atom. The summed E-state index contributed by atoms with van der Waals surface area (Å²) in [5, 5.41) is 3.74. The average molecular weight is 275 g/mol. The second-order valence-electron chi connectivity index (χ2n) is 6.57. The van der Waals surface area contributed by atoms with Crippen molar-refractivity contribution in [1.82, 2.24) is 5.32 Å². The first-order chi connectivity index (χ1) is 9.56. The van der Waals surface area contributed by atoms with Crippen LogP contribution < -0.4 is 10.1 Å². The molecule has 1 aromatic rings. The molecule has 20 heavy (non-hydrogen) atoms. The summed E-state index contributed by atoms with van der Waals surface area (Å²) in [4.78, 5) is 0. The Hall–Kier alpha value is -1.02. The van der Waals surface area contributed by atoms with Gasteiger partial charge in [0.25, 0.3) is 0 Å². The van der Waals surface area contributed by atoms with E-state index in [2.05, 4.69) is 51.2 Å². The van der Waals surface area contributed by atoms with Gasteiger partial charge in [0.05, 0.1) is 6.10 Å². The fourth-order valence-corrected chi connectivity index (χ4v) is 3.12. The molecule has 2 nitrogen and oxygen atoms in total. The minimum Gasteiger partial charge on any atom is -0.491 e. The van der Waals surface area contributed by atoms with Gasteiger partial charge in [-0.05, 0) is 49.8 Å². The third-order valence-corrected chi connectivity index (χ3v) is 4.55. The monoisotopic (exact) mass is 275 g/mol. The summed E-state index contributed by atoms with van der Waals surface area (Å²) in [5.74, 6) is 2.60. The molecular formula is C18H29NO. The molecule has 0 spiro atoms. The lowest BCUT2D eigenvalue weighted by atomic mass is 9.78. The van der Waals surface area contributed by atoms with Crippen molar-refractivity contribution in [3.05, 3.63) is 29.8 Å². The van der Waals surface area contributed by atoms with E-state index in [1.54, 1.807) is 0 Å². The van der Waals surface area contributed by atoms with Crippen LogP contribution in [0.15, 0.2) is 24.3 Å². The maximum absolute atomic E-state index is 5.76. The molecule has 2 heteroatoms. The maximum atomic E-state index is 5.76. The number of hydrogen-bond donors (Lipinski definition) is 1. The predicted molar refractivity (Wildman–Crippen MR) is 85.0 cm³/mol. The predicted octanol–water partition coefficient (Wildman–Crippen LogP) is 4.39. The summed E-state index contributed by atoms with van der Waals surface area (Å²) >= 11 is 0. The van der Waals surface area contributed by atoms with E-state index < -0.39 is 0 Å². The minimum atomic E-state index is 0.234. The fraction of sp³-hybridized carbons (Fsp3) is 0.667. The van der Waals surface area contributed by atoms with Crippen molar-refractivity contribution >= 4 is 0 Å². The van der Waals surface area contributed by atoms with Gasteiger partial charge in [-0.3, -0.25) is 0 Å². The van der Waals surface area contributed by atoms with Gasteiger partial charge in [0.2, 0.25) is 0 Å². The van der Waals surface area contributed by atoms with Crippen LogP contribution in [0.3, 0.4) is 0 Å². The van der Waals surface area contributed by atoms with E-state index in [0.717, 1.165) is 24.1 Å². The van der Waals surface area contributed by atoms with Gasteiger partial charge in [-0.1, -0.05) is 38.8 Å². The molecule has 1 saturated carbocycles. The topological polar surface area (TPSA) is 21.3 Å². The zero-order valence-electron chi connectivity index (χ0n) is 13.4. The molecule has 1 aromatic carbocycles. The van der Waals surface area contributed by atoms with Gasteiger partial charge in [-0.25, -0.2) is 0 Å². The normalized spacial score (nSPS) is 26.8. The van der Waals surface area contributed by atoms with Crippen LogP contribution in [0.2, 0.25) is 0 Å². The molecule has 0 aromatic heterocycles. The lowest BCUT2D eigenvalue weighted by Crippen LogP contribution is -2.40. The summed E-state index contributed by atoms with van der Waals surface area (Å²) in [6.45, 7) is 9.85. The van der Waals surface area contributed by atoms with Gasteiger partial charge in [-0.2, -0.15) is 0 Å². The third-order valence-electron chi connectivity index (χ3n) is 4.55. The Labute approximate surface area is 123 Å². The quantitative estimate of drug-likeness (QED) is 0.860. The number of hydrogen-bond acceptors (Lipinski definition) is 2. The third kappa shape index (κ3) is 4.24. The Morgan fingerprint density at radius 3 is 2.80 bits per heavy atom. The van der Waals surface area contributed by atoms with Crippen molar-refractivity contribution < 1.29 is 4.74 Å². The van der Waals surface area contributed by atoms with E-state index in [9.17, 15) is 0 Å². The largest absolute Gasteiger partial charge is 0.491 e. The first-order valence-corrected chi connectivity index (χ1v) is 8.05. The number of rotatable bonds is 5. The molecule has 3 unspecified atom stereocenters. The summed E-state index contributed by atoms with van der Waals surface area (Å²) in [6.07, 6.45) is 4.29. The molecule has 112 valence electrons. The Balaban J connectivity index is 1.90. The zero-order chi connectivity index (χ0) is 14.5. The van der Waals surface area contributed by atoms with Crippen molar-refractivity contribution in [2.24, 2.45) is 11.8 Å². The Kier molecular flexibility index (Phi) is 5.47. The van der Waals surface area contributed by atoms with Gasteiger partial charge in [0, 0.05) is 12.6 Å². The first kappa shape index (κ1) is 15.4. The smallest absolute Gasteiger partial charge is 0.120 e. The van der Waals surface area contributed by atoms with E-state index in [1.165, 1.54) is 24.8 Å². The summed E-state index contributed by atoms with van der Waals surface area (Å²) in [6, 6.07) is 9.12. The molecule has 1 N–H and O–H groups in total. The van der Waals surface area contributed by atoms with Crippen LogP contribution in [0, 0.1) is 11.8 Å². The molecule has 1 aliphatic carbocycles.